The first kappa shape index (κ1) is 10.9. The number of aliphatic hydroxyl groups excluding tert-OH is 1. The van der Waals surface area contributed by atoms with Gasteiger partial charge in [0.25, 0.3) is 0 Å². The molecule has 0 heterocycles. The van der Waals surface area contributed by atoms with Crippen LogP contribution >= 0.6 is 0 Å². The van der Waals surface area contributed by atoms with E-state index in [4.69, 9.17) is 4.74 Å². The molecule has 0 radical (unpaired) electrons. The highest BCUT2D eigenvalue weighted by Gasteiger charge is 2.06. The Morgan fingerprint density at radius 1 is 0.875 bits per heavy atom. The third-order valence-corrected chi connectivity index (χ3v) is 2.34. The van der Waals surface area contributed by atoms with E-state index in [0.29, 0.717) is 6.61 Å². The minimum absolute atomic E-state index is 0.414. The second kappa shape index (κ2) is 5.45. The highest BCUT2D eigenvalue weighted by Crippen LogP contribution is 2.15. The van der Waals surface area contributed by atoms with Crippen molar-refractivity contribution in [2.24, 2.45) is 0 Å². The molecule has 2 rings (SSSR count). The summed E-state index contributed by atoms with van der Waals surface area (Å²) in [5.74, 6) is 0. The second-order valence-electron chi connectivity index (χ2n) is 3.56. The van der Waals surface area contributed by atoms with E-state index < -0.39 is 6.29 Å². The fraction of sp³-hybridized carbons (Fsp3) is 0.143. The Morgan fingerprint density at radius 2 is 1.44 bits per heavy atom. The maximum atomic E-state index is 9.76. The zero-order valence-electron chi connectivity index (χ0n) is 8.91. The lowest BCUT2D eigenvalue weighted by Crippen LogP contribution is -2.02. The number of aliphatic hydroxyl groups is 1. The minimum atomic E-state index is -0.860. The molecule has 0 aliphatic rings. The van der Waals surface area contributed by atoms with Crippen molar-refractivity contribution in [2.45, 2.75) is 12.9 Å². The first-order valence-corrected chi connectivity index (χ1v) is 5.25. The topological polar surface area (TPSA) is 29.5 Å². The lowest BCUT2D eigenvalue weighted by Gasteiger charge is -2.12. The molecule has 0 saturated carbocycles. The van der Waals surface area contributed by atoms with Crippen molar-refractivity contribution in [1.82, 2.24) is 0 Å². The first-order valence-electron chi connectivity index (χ1n) is 5.25. The fourth-order valence-corrected chi connectivity index (χ4v) is 1.46. The van der Waals surface area contributed by atoms with Gasteiger partial charge < -0.3 is 9.84 Å². The Kier molecular flexibility index (Phi) is 3.70. The summed E-state index contributed by atoms with van der Waals surface area (Å²) >= 11 is 0. The zero-order chi connectivity index (χ0) is 11.2. The summed E-state index contributed by atoms with van der Waals surface area (Å²) in [5.41, 5.74) is 1.83. The van der Waals surface area contributed by atoms with E-state index in [0.717, 1.165) is 11.1 Å². The monoisotopic (exact) mass is 214 g/mol. The van der Waals surface area contributed by atoms with Crippen molar-refractivity contribution in [3.8, 4) is 0 Å². The normalized spacial score (nSPS) is 12.3. The summed E-state index contributed by atoms with van der Waals surface area (Å²) in [4.78, 5) is 0. The smallest absolute Gasteiger partial charge is 0.181 e. The van der Waals surface area contributed by atoms with E-state index in [-0.39, 0.29) is 0 Å². The van der Waals surface area contributed by atoms with Crippen LogP contribution in [-0.2, 0) is 11.3 Å². The standard InChI is InChI=1S/C14H14O2/c15-14(13-9-5-2-6-10-13)16-11-12-7-3-1-4-8-12/h1-10,14-15H,11H2/t14-/m1/s1. The Bertz CT molecular complexity index is 411. The van der Waals surface area contributed by atoms with E-state index >= 15 is 0 Å². The Morgan fingerprint density at radius 3 is 2.06 bits per heavy atom. The van der Waals surface area contributed by atoms with Crippen LogP contribution in [0.2, 0.25) is 0 Å². The molecular weight excluding hydrogens is 200 g/mol. The van der Waals surface area contributed by atoms with Gasteiger partial charge in [0.05, 0.1) is 6.61 Å². The van der Waals surface area contributed by atoms with Gasteiger partial charge in [-0.2, -0.15) is 0 Å². The predicted octanol–water partition coefficient (Wildman–Crippen LogP) is 2.89. The van der Waals surface area contributed by atoms with Gasteiger partial charge >= 0.3 is 0 Å². The summed E-state index contributed by atoms with van der Waals surface area (Å²) in [5, 5.41) is 9.76. The van der Waals surface area contributed by atoms with E-state index in [1.807, 2.05) is 60.7 Å². The van der Waals surface area contributed by atoms with Crippen LogP contribution in [0.4, 0.5) is 0 Å². The molecule has 0 unspecified atom stereocenters. The van der Waals surface area contributed by atoms with Gasteiger partial charge in [-0.15, -0.1) is 0 Å². The van der Waals surface area contributed by atoms with Crippen molar-refractivity contribution in [2.75, 3.05) is 0 Å². The molecular formula is C14H14O2. The summed E-state index contributed by atoms with van der Waals surface area (Å²) in [6, 6.07) is 19.2. The van der Waals surface area contributed by atoms with Gasteiger partial charge in [0, 0.05) is 5.56 Å². The van der Waals surface area contributed by atoms with Crippen molar-refractivity contribution in [3.05, 3.63) is 71.8 Å². The van der Waals surface area contributed by atoms with Gasteiger partial charge in [0.15, 0.2) is 6.29 Å². The average molecular weight is 214 g/mol. The molecule has 16 heavy (non-hydrogen) atoms. The molecule has 2 aromatic carbocycles. The molecule has 0 bridgehead atoms. The van der Waals surface area contributed by atoms with Gasteiger partial charge in [0.1, 0.15) is 0 Å². The minimum Gasteiger partial charge on any atom is -0.364 e. The molecule has 2 nitrogen and oxygen atoms in total. The van der Waals surface area contributed by atoms with Crippen molar-refractivity contribution < 1.29 is 9.84 Å². The molecule has 0 aliphatic heterocycles. The van der Waals surface area contributed by atoms with Gasteiger partial charge in [0.2, 0.25) is 0 Å². The number of hydrogen-bond donors (Lipinski definition) is 1. The predicted molar refractivity (Wildman–Crippen MR) is 62.6 cm³/mol. The van der Waals surface area contributed by atoms with Gasteiger partial charge in [-0.1, -0.05) is 60.7 Å². The van der Waals surface area contributed by atoms with Crippen LogP contribution in [0.1, 0.15) is 17.4 Å². The zero-order valence-corrected chi connectivity index (χ0v) is 8.91. The van der Waals surface area contributed by atoms with E-state index in [1.54, 1.807) is 0 Å². The van der Waals surface area contributed by atoms with Crippen LogP contribution in [-0.4, -0.2) is 5.11 Å². The van der Waals surface area contributed by atoms with Crippen LogP contribution in [0.5, 0.6) is 0 Å². The van der Waals surface area contributed by atoms with Crippen LogP contribution in [0.15, 0.2) is 60.7 Å². The van der Waals surface area contributed by atoms with Crippen molar-refractivity contribution in [1.29, 1.82) is 0 Å². The third-order valence-electron chi connectivity index (χ3n) is 2.34. The molecule has 1 N–H and O–H groups in total. The van der Waals surface area contributed by atoms with Crippen LogP contribution in [0.25, 0.3) is 0 Å². The molecule has 1 atom stereocenters. The van der Waals surface area contributed by atoms with E-state index in [9.17, 15) is 5.11 Å². The Hall–Kier alpha value is -1.64. The SMILES string of the molecule is O[C@H](OCc1ccccc1)c1ccccc1. The second-order valence-corrected chi connectivity index (χ2v) is 3.56. The number of hydrogen-bond acceptors (Lipinski definition) is 2. The highest BCUT2D eigenvalue weighted by atomic mass is 16.6. The van der Waals surface area contributed by atoms with Crippen LogP contribution in [0, 0.1) is 0 Å². The quantitative estimate of drug-likeness (QED) is 0.793. The van der Waals surface area contributed by atoms with E-state index in [1.165, 1.54) is 0 Å². The van der Waals surface area contributed by atoms with Gasteiger partial charge in [-0.25, -0.2) is 0 Å². The van der Waals surface area contributed by atoms with Crippen molar-refractivity contribution in [3.63, 3.8) is 0 Å². The number of ether oxygens (including phenoxy) is 1. The molecule has 0 aliphatic carbocycles. The molecule has 0 saturated heterocycles. The summed E-state index contributed by atoms with van der Waals surface area (Å²) in [6.45, 7) is 0.414. The molecule has 0 fully saturated rings. The maximum Gasteiger partial charge on any atom is 0.181 e. The largest absolute Gasteiger partial charge is 0.364 e. The number of benzene rings is 2. The van der Waals surface area contributed by atoms with E-state index in [2.05, 4.69) is 0 Å². The number of rotatable bonds is 4. The average Bonchev–Trinajstić information content (AvgIpc) is 2.38. The lowest BCUT2D eigenvalue weighted by molar-refractivity contribution is -0.111. The van der Waals surface area contributed by atoms with Crippen LogP contribution in [0.3, 0.4) is 0 Å². The van der Waals surface area contributed by atoms with Crippen molar-refractivity contribution >= 4 is 0 Å². The molecule has 2 heteroatoms. The summed E-state index contributed by atoms with van der Waals surface area (Å²) < 4.78 is 5.37. The molecule has 2 aromatic rings. The molecule has 0 amide bonds. The molecule has 0 aromatic heterocycles. The fourth-order valence-electron chi connectivity index (χ4n) is 1.46. The Balaban J connectivity index is 1.92. The third kappa shape index (κ3) is 2.92. The van der Waals surface area contributed by atoms with Gasteiger partial charge in [-0.05, 0) is 5.56 Å². The summed E-state index contributed by atoms with van der Waals surface area (Å²) in [6.07, 6.45) is -0.860. The van der Waals surface area contributed by atoms with Gasteiger partial charge in [-0.3, -0.25) is 0 Å². The molecule has 0 spiro atoms. The maximum absolute atomic E-state index is 9.76. The Labute approximate surface area is 95.1 Å². The summed E-state index contributed by atoms with van der Waals surface area (Å²) in [7, 11) is 0. The highest BCUT2D eigenvalue weighted by molar-refractivity contribution is 5.16. The first-order chi connectivity index (χ1) is 7.86. The molecule has 82 valence electrons. The van der Waals surface area contributed by atoms with Crippen LogP contribution < -0.4 is 0 Å². The lowest BCUT2D eigenvalue weighted by atomic mass is 10.2.